The second-order valence-electron chi connectivity index (χ2n) is 8.48. The van der Waals surface area contributed by atoms with Gasteiger partial charge in [-0.1, -0.05) is 23.7 Å². The van der Waals surface area contributed by atoms with Gasteiger partial charge in [-0.05, 0) is 30.5 Å². The molecule has 2 amide bonds. The molecule has 10 heteroatoms. The lowest BCUT2D eigenvalue weighted by Gasteiger charge is -2.33. The van der Waals surface area contributed by atoms with Crippen molar-refractivity contribution >= 4 is 29.4 Å². The molecule has 0 radical (unpaired) electrons. The lowest BCUT2D eigenvalue weighted by Crippen LogP contribution is -2.42. The number of carboxylic acid groups (broad SMARTS) is 1. The molecule has 0 spiro atoms. The molecule has 2 aliphatic heterocycles. The molecule has 2 fully saturated rings. The Morgan fingerprint density at radius 2 is 1.88 bits per heavy atom. The first-order valence-corrected chi connectivity index (χ1v) is 11.3. The summed E-state index contributed by atoms with van der Waals surface area (Å²) in [5.74, 6) is 0.804. The monoisotopic (exact) mass is 468 g/mol. The quantitative estimate of drug-likeness (QED) is 0.691. The van der Waals surface area contributed by atoms with E-state index in [1.54, 1.807) is 6.20 Å². The van der Waals surface area contributed by atoms with E-state index in [0.29, 0.717) is 56.4 Å². The van der Waals surface area contributed by atoms with E-state index in [1.165, 1.54) is 6.20 Å². The molecule has 2 aromatic rings. The highest BCUT2D eigenvalue weighted by Crippen LogP contribution is 2.35. The number of anilines is 1. The first-order valence-electron chi connectivity index (χ1n) is 10.9. The largest absolute Gasteiger partial charge is 0.465 e. The van der Waals surface area contributed by atoms with Gasteiger partial charge in [0.05, 0.1) is 12.4 Å². The van der Waals surface area contributed by atoms with E-state index in [-0.39, 0.29) is 29.4 Å². The molecule has 0 aliphatic carbocycles. The molecule has 0 saturated carbocycles. The molecule has 172 valence electrons. The van der Waals surface area contributed by atoms with Crippen molar-refractivity contribution in [2.24, 2.45) is 11.8 Å². The van der Waals surface area contributed by atoms with E-state index in [1.807, 2.05) is 35.2 Å². The van der Waals surface area contributed by atoms with Crippen molar-refractivity contribution < 1.29 is 14.7 Å². The van der Waals surface area contributed by atoms with Crippen LogP contribution in [0.2, 0.25) is 5.02 Å². The van der Waals surface area contributed by atoms with Gasteiger partial charge in [0.25, 0.3) is 0 Å². The Morgan fingerprint density at radius 1 is 1.15 bits per heavy atom. The van der Waals surface area contributed by atoms with Crippen molar-refractivity contribution in [1.29, 1.82) is 5.26 Å². The van der Waals surface area contributed by atoms with Gasteiger partial charge in [-0.15, -0.1) is 0 Å². The highest BCUT2D eigenvalue weighted by molar-refractivity contribution is 6.30. The molecule has 1 aromatic carbocycles. The molecule has 2 aliphatic rings. The van der Waals surface area contributed by atoms with Crippen LogP contribution in [-0.2, 0) is 4.79 Å². The zero-order valence-electron chi connectivity index (χ0n) is 18.0. The third-order valence-corrected chi connectivity index (χ3v) is 6.74. The summed E-state index contributed by atoms with van der Waals surface area (Å²) >= 11 is 6.03. The number of hydrogen-bond acceptors (Lipinski definition) is 6. The number of nitrogens with zero attached hydrogens (tertiary/aromatic N) is 5. The number of hydrogen-bond donors (Lipinski definition) is 2. The Bertz CT molecular complexity index is 1030. The Balaban J connectivity index is 1.39. The molecular formula is C23H25ClN6O3. The summed E-state index contributed by atoms with van der Waals surface area (Å²) in [6, 6.07) is 9.51. The number of carbonyl (C=O) groups is 2. The van der Waals surface area contributed by atoms with Gasteiger partial charge < -0.3 is 20.2 Å². The smallest absolute Gasteiger partial charge is 0.404 e. The summed E-state index contributed by atoms with van der Waals surface area (Å²) in [6.45, 7) is 2.76. The summed E-state index contributed by atoms with van der Waals surface area (Å²) in [6.07, 6.45) is 3.41. The van der Waals surface area contributed by atoms with Gasteiger partial charge in [-0.3, -0.25) is 4.79 Å². The van der Waals surface area contributed by atoms with E-state index >= 15 is 0 Å². The van der Waals surface area contributed by atoms with Crippen LogP contribution >= 0.6 is 11.6 Å². The van der Waals surface area contributed by atoms with Crippen molar-refractivity contribution in [3.8, 4) is 6.07 Å². The van der Waals surface area contributed by atoms with E-state index in [2.05, 4.69) is 20.2 Å². The topological polar surface area (TPSA) is 122 Å². The van der Waals surface area contributed by atoms with Gasteiger partial charge >= 0.3 is 6.09 Å². The van der Waals surface area contributed by atoms with Gasteiger partial charge in [-0.25, -0.2) is 14.8 Å². The van der Waals surface area contributed by atoms with Gasteiger partial charge in [0, 0.05) is 55.5 Å². The van der Waals surface area contributed by atoms with E-state index in [9.17, 15) is 9.59 Å². The fourth-order valence-corrected chi connectivity index (χ4v) is 4.85. The molecule has 2 N–H and O–H groups in total. The predicted molar refractivity (Wildman–Crippen MR) is 122 cm³/mol. The Hall–Kier alpha value is -3.38. The fourth-order valence-electron chi connectivity index (χ4n) is 4.72. The van der Waals surface area contributed by atoms with Crippen LogP contribution < -0.4 is 10.2 Å². The Morgan fingerprint density at radius 3 is 2.48 bits per heavy atom. The number of nitrogens with one attached hydrogen (secondary N) is 1. The molecule has 4 rings (SSSR count). The minimum Gasteiger partial charge on any atom is -0.465 e. The molecule has 2 saturated heterocycles. The number of amides is 2. The summed E-state index contributed by atoms with van der Waals surface area (Å²) < 4.78 is 0. The van der Waals surface area contributed by atoms with Crippen molar-refractivity contribution in [2.75, 3.05) is 37.6 Å². The second kappa shape index (κ2) is 10.0. The molecule has 1 aromatic heterocycles. The Labute approximate surface area is 197 Å². The lowest BCUT2D eigenvalue weighted by molar-refractivity contribution is -0.135. The van der Waals surface area contributed by atoms with Crippen LogP contribution in [0.3, 0.4) is 0 Å². The molecule has 3 heterocycles. The fraction of sp³-hybridized carbons (Fsp3) is 0.435. The van der Waals surface area contributed by atoms with Crippen LogP contribution in [0.5, 0.6) is 0 Å². The van der Waals surface area contributed by atoms with Crippen molar-refractivity contribution in [3.63, 3.8) is 0 Å². The van der Waals surface area contributed by atoms with Crippen LogP contribution in [0.25, 0.3) is 0 Å². The molecule has 33 heavy (non-hydrogen) atoms. The summed E-state index contributed by atoms with van der Waals surface area (Å²) in [5.41, 5.74) is 1.33. The van der Waals surface area contributed by atoms with E-state index in [4.69, 9.17) is 22.0 Å². The van der Waals surface area contributed by atoms with Crippen LogP contribution in [-0.4, -0.2) is 64.7 Å². The Kier molecular flexibility index (Phi) is 6.94. The molecular weight excluding hydrogens is 444 g/mol. The van der Waals surface area contributed by atoms with E-state index in [0.717, 1.165) is 5.56 Å². The maximum atomic E-state index is 13.3. The normalized spacial score (nSPS) is 21.0. The highest BCUT2D eigenvalue weighted by atomic mass is 35.5. The van der Waals surface area contributed by atoms with Crippen LogP contribution in [0, 0.1) is 23.2 Å². The number of carbonyl (C=O) groups excluding carboxylic acids is 1. The SMILES string of the molecule is N#Cc1cnc(N2CCC(C(=O)N3C[C@H](CNC(=O)O)[C@H](c4ccc(Cl)cc4)C3)CC2)cn1. The number of aromatic nitrogens is 2. The van der Waals surface area contributed by atoms with Gasteiger partial charge in [0.1, 0.15) is 11.9 Å². The van der Waals surface area contributed by atoms with Crippen molar-refractivity contribution in [2.45, 2.75) is 18.8 Å². The minimum atomic E-state index is -1.06. The first kappa shape index (κ1) is 22.8. The molecule has 0 unspecified atom stereocenters. The average Bonchev–Trinajstić information content (AvgIpc) is 3.27. The van der Waals surface area contributed by atoms with E-state index < -0.39 is 6.09 Å². The number of rotatable bonds is 5. The maximum Gasteiger partial charge on any atom is 0.404 e. The maximum absolute atomic E-state index is 13.3. The number of halogens is 1. The lowest BCUT2D eigenvalue weighted by atomic mass is 9.89. The number of piperidine rings is 1. The standard InChI is InChI=1S/C23H25ClN6O3/c24-18-3-1-15(2-4-18)20-14-30(13-17(20)10-28-23(32)33)22(31)16-5-7-29(8-6-16)21-12-26-19(9-25)11-27-21/h1-4,11-12,16-17,20,28H,5-8,10,13-14H2,(H,32,33)/t17-,20-/m0/s1. The van der Waals surface area contributed by atoms with Gasteiger partial charge in [0.2, 0.25) is 5.91 Å². The molecule has 9 nitrogen and oxygen atoms in total. The second-order valence-corrected chi connectivity index (χ2v) is 8.92. The zero-order chi connectivity index (χ0) is 23.4. The predicted octanol–water partition coefficient (Wildman–Crippen LogP) is 2.73. The van der Waals surface area contributed by atoms with Crippen molar-refractivity contribution in [1.82, 2.24) is 20.2 Å². The summed E-state index contributed by atoms with van der Waals surface area (Å²) in [7, 11) is 0. The van der Waals surface area contributed by atoms with Gasteiger partial charge in [-0.2, -0.15) is 5.26 Å². The number of nitriles is 1. The van der Waals surface area contributed by atoms with Crippen LogP contribution in [0.1, 0.15) is 30.0 Å². The minimum absolute atomic E-state index is 0.000220. The summed E-state index contributed by atoms with van der Waals surface area (Å²) in [5, 5.41) is 21.1. The number of benzene rings is 1. The first-order chi connectivity index (χ1) is 15.9. The highest BCUT2D eigenvalue weighted by Gasteiger charge is 2.39. The summed E-state index contributed by atoms with van der Waals surface area (Å²) in [4.78, 5) is 36.7. The molecule has 2 atom stereocenters. The van der Waals surface area contributed by atoms with Crippen LogP contribution in [0.4, 0.5) is 10.6 Å². The third-order valence-electron chi connectivity index (χ3n) is 6.49. The zero-order valence-corrected chi connectivity index (χ0v) is 18.8. The van der Waals surface area contributed by atoms with Gasteiger partial charge in [0.15, 0.2) is 5.69 Å². The average molecular weight is 469 g/mol. The van der Waals surface area contributed by atoms with Crippen LogP contribution in [0.15, 0.2) is 36.7 Å². The van der Waals surface area contributed by atoms with Crippen molar-refractivity contribution in [3.05, 3.63) is 52.9 Å². The molecule has 0 bridgehead atoms. The number of likely N-dealkylation sites (tertiary alicyclic amines) is 1. The third kappa shape index (κ3) is 5.34.